The Morgan fingerprint density at radius 3 is 2.32 bits per heavy atom. The normalized spacial score (nSPS) is 16.9. The van der Waals surface area contributed by atoms with Crippen LogP contribution in [-0.2, 0) is 15.1 Å². The number of amides is 1. The largest absolute Gasteiger partial charge is 0.493 e. The quantitative estimate of drug-likeness (QED) is 0.623. The number of hydrogen-bond donors (Lipinski definition) is 1. The van der Waals surface area contributed by atoms with Crippen LogP contribution in [0.15, 0.2) is 48.5 Å². The van der Waals surface area contributed by atoms with E-state index < -0.39 is 5.97 Å². The monoisotopic (exact) mass is 383 g/mol. The third-order valence-corrected chi connectivity index (χ3v) is 4.91. The molecular weight excluding hydrogens is 358 g/mol. The van der Waals surface area contributed by atoms with Gasteiger partial charge in [0.05, 0.1) is 12.2 Å². The second kappa shape index (κ2) is 8.02. The molecule has 1 aliphatic heterocycles. The Kier molecular flexibility index (Phi) is 5.70. The molecule has 0 aromatic heterocycles. The smallest absolute Gasteiger partial charge is 0.372 e. The average Bonchev–Trinajstić information content (AvgIpc) is 3.06. The fourth-order valence-electron chi connectivity index (χ4n) is 3.24. The number of ether oxygens (including phenoxy) is 1. The fraction of sp³-hybridized carbons (Fsp3) is 0.364. The molecule has 1 heterocycles. The maximum atomic E-state index is 12.4. The van der Waals surface area contributed by atoms with Crippen molar-refractivity contribution in [3.05, 3.63) is 59.7 Å². The van der Waals surface area contributed by atoms with Gasteiger partial charge in [-0.05, 0) is 47.4 Å². The molecule has 1 saturated heterocycles. The summed E-state index contributed by atoms with van der Waals surface area (Å²) >= 11 is 0. The molecule has 28 heavy (non-hydrogen) atoms. The zero-order valence-electron chi connectivity index (χ0n) is 16.3. The molecule has 0 saturated carbocycles. The molecule has 0 spiro atoms. The molecule has 1 fully saturated rings. The molecular formula is C22H25NO5. The van der Waals surface area contributed by atoms with Gasteiger partial charge in [0.25, 0.3) is 0 Å². The van der Waals surface area contributed by atoms with Crippen molar-refractivity contribution in [3.8, 4) is 5.75 Å². The molecule has 6 nitrogen and oxygen atoms in total. The van der Waals surface area contributed by atoms with Gasteiger partial charge in [-0.2, -0.15) is 5.26 Å². The van der Waals surface area contributed by atoms with Crippen molar-refractivity contribution in [2.75, 3.05) is 18.1 Å². The molecule has 1 unspecified atom stereocenters. The Bertz CT molecular complexity index is 837. The Labute approximate surface area is 164 Å². The molecule has 2 aromatic carbocycles. The van der Waals surface area contributed by atoms with Gasteiger partial charge in [-0.15, -0.1) is 0 Å². The standard InChI is InChI=1S/C22H25NO5/c1-22(2,3)17-6-8-18(9-7-17)23-13-15(12-20(23)24)14-27-19-10-4-16(5-11-19)21(25)28-26/h4-11,15,26H,12-14H2,1-3H3. The first-order valence-corrected chi connectivity index (χ1v) is 9.27. The summed E-state index contributed by atoms with van der Waals surface area (Å²) in [6.07, 6.45) is 0.440. The highest BCUT2D eigenvalue weighted by Gasteiger charge is 2.31. The van der Waals surface area contributed by atoms with Crippen molar-refractivity contribution in [2.45, 2.75) is 32.6 Å². The summed E-state index contributed by atoms with van der Waals surface area (Å²) in [6.45, 7) is 7.51. The highest BCUT2D eigenvalue weighted by atomic mass is 17.1. The van der Waals surface area contributed by atoms with E-state index in [0.717, 1.165) is 5.69 Å². The number of benzene rings is 2. The first-order chi connectivity index (χ1) is 13.3. The first kappa shape index (κ1) is 19.9. The van der Waals surface area contributed by atoms with Gasteiger partial charge >= 0.3 is 5.97 Å². The van der Waals surface area contributed by atoms with Gasteiger partial charge in [-0.25, -0.2) is 4.79 Å². The summed E-state index contributed by atoms with van der Waals surface area (Å²) in [6, 6.07) is 14.4. The lowest BCUT2D eigenvalue weighted by Gasteiger charge is -2.21. The molecule has 2 aromatic rings. The molecule has 3 rings (SSSR count). The van der Waals surface area contributed by atoms with Crippen LogP contribution >= 0.6 is 0 Å². The van der Waals surface area contributed by atoms with Gasteiger partial charge < -0.3 is 9.64 Å². The molecule has 0 radical (unpaired) electrons. The van der Waals surface area contributed by atoms with Crippen LogP contribution in [0.2, 0.25) is 0 Å². The van der Waals surface area contributed by atoms with Crippen molar-refractivity contribution in [3.63, 3.8) is 0 Å². The van der Waals surface area contributed by atoms with Crippen LogP contribution in [0.1, 0.15) is 43.1 Å². The number of rotatable bonds is 5. The Morgan fingerprint density at radius 2 is 1.75 bits per heavy atom. The van der Waals surface area contributed by atoms with E-state index >= 15 is 0 Å². The molecule has 0 bridgehead atoms. The van der Waals surface area contributed by atoms with E-state index in [9.17, 15) is 9.59 Å². The van der Waals surface area contributed by atoms with Gasteiger partial charge in [0.2, 0.25) is 5.91 Å². The lowest BCUT2D eigenvalue weighted by atomic mass is 9.87. The van der Waals surface area contributed by atoms with Gasteiger partial charge in [0, 0.05) is 24.6 Å². The van der Waals surface area contributed by atoms with Crippen molar-refractivity contribution in [1.82, 2.24) is 0 Å². The van der Waals surface area contributed by atoms with E-state index in [1.807, 2.05) is 12.1 Å². The number of anilines is 1. The lowest BCUT2D eigenvalue weighted by Crippen LogP contribution is -2.25. The van der Waals surface area contributed by atoms with E-state index in [-0.39, 0.29) is 22.8 Å². The second-order valence-electron chi connectivity index (χ2n) is 8.09. The van der Waals surface area contributed by atoms with Crippen LogP contribution in [0.25, 0.3) is 0 Å². The minimum Gasteiger partial charge on any atom is -0.493 e. The molecule has 1 aliphatic rings. The summed E-state index contributed by atoms with van der Waals surface area (Å²) in [5.41, 5.74) is 2.45. The van der Waals surface area contributed by atoms with Gasteiger partial charge in [-0.1, -0.05) is 32.9 Å². The molecule has 1 atom stereocenters. The predicted molar refractivity (Wildman–Crippen MR) is 106 cm³/mol. The molecule has 1 amide bonds. The molecule has 0 aliphatic carbocycles. The van der Waals surface area contributed by atoms with Crippen LogP contribution in [0.3, 0.4) is 0 Å². The van der Waals surface area contributed by atoms with E-state index in [2.05, 4.69) is 37.8 Å². The zero-order valence-corrected chi connectivity index (χ0v) is 16.3. The average molecular weight is 383 g/mol. The number of hydrogen-bond acceptors (Lipinski definition) is 5. The lowest BCUT2D eigenvalue weighted by molar-refractivity contribution is -0.182. The van der Waals surface area contributed by atoms with Crippen LogP contribution in [-0.4, -0.2) is 30.3 Å². The SMILES string of the molecule is CC(C)(C)c1ccc(N2CC(COc3ccc(C(=O)OO)cc3)CC2=O)cc1. The van der Waals surface area contributed by atoms with Crippen LogP contribution in [0, 0.1) is 5.92 Å². The van der Waals surface area contributed by atoms with Crippen molar-refractivity contribution in [1.29, 1.82) is 0 Å². The number of nitrogens with zero attached hydrogens (tertiary/aromatic N) is 1. The Morgan fingerprint density at radius 1 is 1.11 bits per heavy atom. The van der Waals surface area contributed by atoms with Gasteiger partial charge in [0.1, 0.15) is 5.75 Å². The Hall–Kier alpha value is -2.86. The van der Waals surface area contributed by atoms with Crippen LogP contribution < -0.4 is 9.64 Å². The van der Waals surface area contributed by atoms with Crippen LogP contribution in [0.4, 0.5) is 5.69 Å². The maximum Gasteiger partial charge on any atom is 0.372 e. The minimum atomic E-state index is -0.818. The first-order valence-electron chi connectivity index (χ1n) is 9.27. The highest BCUT2D eigenvalue weighted by Crippen LogP contribution is 2.29. The van der Waals surface area contributed by atoms with E-state index in [0.29, 0.717) is 25.3 Å². The Balaban J connectivity index is 1.58. The molecule has 148 valence electrons. The van der Waals surface area contributed by atoms with E-state index in [1.54, 1.807) is 17.0 Å². The topological polar surface area (TPSA) is 76.1 Å². The summed E-state index contributed by atoms with van der Waals surface area (Å²) < 4.78 is 5.76. The molecule has 1 N–H and O–H groups in total. The minimum absolute atomic E-state index is 0.0768. The second-order valence-corrected chi connectivity index (χ2v) is 8.09. The van der Waals surface area contributed by atoms with Crippen LogP contribution in [0.5, 0.6) is 5.75 Å². The third-order valence-electron chi connectivity index (χ3n) is 4.91. The maximum absolute atomic E-state index is 12.4. The summed E-state index contributed by atoms with van der Waals surface area (Å²) in [5, 5.41) is 8.39. The summed E-state index contributed by atoms with van der Waals surface area (Å²) in [5.74, 6) is -0.0361. The fourth-order valence-corrected chi connectivity index (χ4v) is 3.24. The highest BCUT2D eigenvalue weighted by molar-refractivity contribution is 5.95. The zero-order chi connectivity index (χ0) is 20.3. The number of carbonyl (C=O) groups is 2. The summed E-state index contributed by atoms with van der Waals surface area (Å²) in [7, 11) is 0. The molecule has 6 heteroatoms. The van der Waals surface area contributed by atoms with E-state index in [1.165, 1.54) is 17.7 Å². The predicted octanol–water partition coefficient (Wildman–Crippen LogP) is 4.05. The number of carbonyl (C=O) groups excluding carboxylic acids is 2. The van der Waals surface area contributed by atoms with Gasteiger partial charge in [0.15, 0.2) is 0 Å². The third kappa shape index (κ3) is 4.51. The van der Waals surface area contributed by atoms with Gasteiger partial charge in [-0.3, -0.25) is 9.68 Å². The van der Waals surface area contributed by atoms with E-state index in [4.69, 9.17) is 9.99 Å². The van der Waals surface area contributed by atoms with Crippen molar-refractivity contribution in [2.24, 2.45) is 5.92 Å². The van der Waals surface area contributed by atoms with Crippen molar-refractivity contribution < 1.29 is 24.5 Å². The summed E-state index contributed by atoms with van der Waals surface area (Å²) in [4.78, 5) is 29.1. The van der Waals surface area contributed by atoms with Crippen molar-refractivity contribution >= 4 is 17.6 Å².